The van der Waals surface area contributed by atoms with Crippen molar-refractivity contribution < 1.29 is 19.4 Å². The highest BCUT2D eigenvalue weighted by atomic mass is 16.6. The second kappa shape index (κ2) is 6.62. The normalized spacial score (nSPS) is 27.1. The van der Waals surface area contributed by atoms with Crippen molar-refractivity contribution in [1.82, 2.24) is 9.88 Å². The Balaban J connectivity index is 1.59. The van der Waals surface area contributed by atoms with Crippen LogP contribution in [0, 0.1) is 0 Å². The lowest BCUT2D eigenvalue weighted by Crippen LogP contribution is -2.53. The fraction of sp³-hybridized carbons (Fsp3) is 0.545. The van der Waals surface area contributed by atoms with E-state index < -0.39 is 11.2 Å². The number of hydrogen-bond acceptors (Lipinski definition) is 5. The van der Waals surface area contributed by atoms with Crippen molar-refractivity contribution in [2.24, 2.45) is 0 Å². The lowest BCUT2D eigenvalue weighted by atomic mass is 9.80. The van der Waals surface area contributed by atoms with E-state index in [4.69, 9.17) is 9.47 Å². The zero-order valence-electron chi connectivity index (χ0n) is 16.9. The van der Waals surface area contributed by atoms with Crippen molar-refractivity contribution in [3.63, 3.8) is 0 Å². The van der Waals surface area contributed by atoms with Crippen LogP contribution in [-0.2, 0) is 10.3 Å². The average molecular weight is 384 g/mol. The zero-order chi connectivity index (χ0) is 20.1. The summed E-state index contributed by atoms with van der Waals surface area (Å²) < 4.78 is 10.8. The van der Waals surface area contributed by atoms with Gasteiger partial charge < -0.3 is 19.5 Å². The summed E-state index contributed by atoms with van der Waals surface area (Å²) in [4.78, 5) is 19.0. The Morgan fingerprint density at radius 2 is 1.86 bits per heavy atom. The molecule has 150 valence electrons. The highest BCUT2D eigenvalue weighted by molar-refractivity contribution is 5.80. The molecule has 2 fully saturated rings. The molecular formula is C22H28N2O4. The van der Waals surface area contributed by atoms with Crippen LogP contribution in [0.25, 0.3) is 10.9 Å². The maximum absolute atomic E-state index is 12.7. The summed E-state index contributed by atoms with van der Waals surface area (Å²) in [6, 6.07) is 9.66. The van der Waals surface area contributed by atoms with Crippen LogP contribution in [0.5, 0.6) is 5.88 Å². The van der Waals surface area contributed by atoms with Crippen LogP contribution >= 0.6 is 0 Å². The fourth-order valence-electron chi connectivity index (χ4n) is 4.58. The average Bonchev–Trinajstić information content (AvgIpc) is 2.92. The number of amides is 1. The Bertz CT molecular complexity index is 891. The van der Waals surface area contributed by atoms with Gasteiger partial charge >= 0.3 is 6.09 Å². The van der Waals surface area contributed by atoms with E-state index in [0.717, 1.165) is 29.3 Å². The third-order valence-electron chi connectivity index (χ3n) is 5.78. The van der Waals surface area contributed by atoms with Crippen LogP contribution in [0.15, 0.2) is 30.3 Å². The van der Waals surface area contributed by atoms with E-state index >= 15 is 0 Å². The highest BCUT2D eigenvalue weighted by Crippen LogP contribution is 2.46. The van der Waals surface area contributed by atoms with Crippen molar-refractivity contribution in [1.29, 1.82) is 0 Å². The molecule has 2 aromatic rings. The number of fused-ring (bicyclic) bond motifs is 3. The Kier molecular flexibility index (Phi) is 4.49. The van der Waals surface area contributed by atoms with Crippen molar-refractivity contribution >= 4 is 17.0 Å². The van der Waals surface area contributed by atoms with Gasteiger partial charge in [-0.15, -0.1) is 0 Å². The first-order valence-corrected chi connectivity index (χ1v) is 9.87. The summed E-state index contributed by atoms with van der Waals surface area (Å²) in [6.45, 7) is 5.64. The van der Waals surface area contributed by atoms with E-state index in [1.165, 1.54) is 0 Å². The molecule has 2 aliphatic rings. The standard InChI is InChI=1S/C22H28N2O4/c1-21(2,3)28-20(25)24-16-7-8-17(24)13-22(26,12-16)15-6-9-18-14(11-15)5-10-19(23-18)27-4/h5-6,9-11,16-17,26H,7-8,12-13H2,1-4H3. The predicted octanol–water partition coefficient (Wildman–Crippen LogP) is 3.99. The Morgan fingerprint density at radius 3 is 2.46 bits per heavy atom. The van der Waals surface area contributed by atoms with Crippen LogP contribution in [-0.4, -0.2) is 45.9 Å². The molecule has 6 nitrogen and oxygen atoms in total. The van der Waals surface area contributed by atoms with E-state index in [9.17, 15) is 9.90 Å². The molecule has 2 atom stereocenters. The highest BCUT2D eigenvalue weighted by Gasteiger charge is 2.51. The molecule has 3 heterocycles. The summed E-state index contributed by atoms with van der Waals surface area (Å²) in [7, 11) is 1.60. The summed E-state index contributed by atoms with van der Waals surface area (Å²) in [6.07, 6.45) is 2.59. The number of hydrogen-bond donors (Lipinski definition) is 1. The summed E-state index contributed by atoms with van der Waals surface area (Å²) in [5.41, 5.74) is 0.253. The number of methoxy groups -OCH3 is 1. The lowest BCUT2D eigenvalue weighted by Gasteiger charge is -2.44. The summed E-state index contributed by atoms with van der Waals surface area (Å²) >= 11 is 0. The maximum Gasteiger partial charge on any atom is 0.410 e. The van der Waals surface area contributed by atoms with Gasteiger partial charge in [-0.25, -0.2) is 9.78 Å². The van der Waals surface area contributed by atoms with E-state index in [-0.39, 0.29) is 18.2 Å². The quantitative estimate of drug-likeness (QED) is 0.848. The van der Waals surface area contributed by atoms with Crippen molar-refractivity contribution in [2.45, 2.75) is 69.7 Å². The molecule has 4 rings (SSSR count). The molecule has 0 saturated carbocycles. The van der Waals surface area contributed by atoms with E-state index in [1.54, 1.807) is 7.11 Å². The molecule has 0 spiro atoms. The molecular weight excluding hydrogens is 356 g/mol. The smallest absolute Gasteiger partial charge is 0.410 e. The molecule has 1 aromatic carbocycles. The van der Waals surface area contributed by atoms with Gasteiger partial charge in [0.2, 0.25) is 5.88 Å². The van der Waals surface area contributed by atoms with Crippen LogP contribution in [0.1, 0.15) is 52.0 Å². The van der Waals surface area contributed by atoms with Gasteiger partial charge in [-0.3, -0.25) is 0 Å². The maximum atomic E-state index is 12.7. The SMILES string of the molecule is COc1ccc2cc(C3(O)CC4CCC(C3)N4C(=O)OC(C)(C)C)ccc2n1. The molecule has 6 heteroatoms. The molecule has 2 unspecified atom stereocenters. The number of rotatable bonds is 2. The van der Waals surface area contributed by atoms with Crippen molar-refractivity contribution in [3.05, 3.63) is 35.9 Å². The molecule has 28 heavy (non-hydrogen) atoms. The van der Waals surface area contributed by atoms with E-state index in [2.05, 4.69) is 4.98 Å². The number of aliphatic hydroxyl groups is 1. The topological polar surface area (TPSA) is 71.9 Å². The van der Waals surface area contributed by atoms with Gasteiger partial charge in [-0.2, -0.15) is 0 Å². The molecule has 1 N–H and O–H groups in total. The van der Waals surface area contributed by atoms with Gasteiger partial charge in [-0.1, -0.05) is 6.07 Å². The predicted molar refractivity (Wildman–Crippen MR) is 106 cm³/mol. The lowest BCUT2D eigenvalue weighted by molar-refractivity contribution is -0.0623. The Morgan fingerprint density at radius 1 is 1.18 bits per heavy atom. The second-order valence-corrected chi connectivity index (χ2v) is 8.97. The number of ether oxygens (including phenoxy) is 2. The van der Waals surface area contributed by atoms with Gasteiger partial charge in [0.25, 0.3) is 0 Å². The zero-order valence-corrected chi connectivity index (χ0v) is 16.9. The number of pyridine rings is 1. The fourth-order valence-corrected chi connectivity index (χ4v) is 4.58. The van der Waals surface area contributed by atoms with Crippen LogP contribution in [0.3, 0.4) is 0 Å². The van der Waals surface area contributed by atoms with Gasteiger partial charge in [-0.05, 0) is 57.4 Å². The molecule has 2 aliphatic heterocycles. The number of benzene rings is 1. The summed E-state index contributed by atoms with van der Waals surface area (Å²) in [5, 5.41) is 12.5. The Labute approximate surface area is 165 Å². The third-order valence-corrected chi connectivity index (χ3v) is 5.78. The number of carbonyl (C=O) groups is 1. The first-order chi connectivity index (χ1) is 13.2. The van der Waals surface area contributed by atoms with Crippen molar-refractivity contribution in [3.8, 4) is 5.88 Å². The first kappa shape index (κ1) is 19.0. The minimum absolute atomic E-state index is 0.00305. The number of aromatic nitrogens is 1. The molecule has 2 saturated heterocycles. The first-order valence-electron chi connectivity index (χ1n) is 9.87. The molecule has 0 radical (unpaired) electrons. The van der Waals surface area contributed by atoms with Crippen LogP contribution < -0.4 is 4.74 Å². The number of carbonyl (C=O) groups excluding carboxylic acids is 1. The minimum atomic E-state index is -0.946. The van der Waals surface area contributed by atoms with Crippen LogP contribution in [0.2, 0.25) is 0 Å². The van der Waals surface area contributed by atoms with Gasteiger partial charge in [0.1, 0.15) is 5.60 Å². The van der Waals surface area contributed by atoms with Crippen molar-refractivity contribution in [2.75, 3.05) is 7.11 Å². The van der Waals surface area contributed by atoms with E-state index in [0.29, 0.717) is 18.7 Å². The number of nitrogens with zero attached hydrogens (tertiary/aromatic N) is 2. The molecule has 0 aliphatic carbocycles. The minimum Gasteiger partial charge on any atom is -0.481 e. The van der Waals surface area contributed by atoms with Gasteiger partial charge in [0.15, 0.2) is 0 Å². The second-order valence-electron chi connectivity index (χ2n) is 8.97. The number of piperidine rings is 1. The summed E-state index contributed by atoms with van der Waals surface area (Å²) in [5.74, 6) is 0.572. The van der Waals surface area contributed by atoms with E-state index in [1.807, 2.05) is 56.0 Å². The molecule has 2 bridgehead atoms. The monoisotopic (exact) mass is 384 g/mol. The third kappa shape index (κ3) is 3.41. The molecule has 1 aromatic heterocycles. The molecule has 1 amide bonds. The Hall–Kier alpha value is -2.34. The van der Waals surface area contributed by atoms with Crippen LogP contribution in [0.4, 0.5) is 4.79 Å². The largest absolute Gasteiger partial charge is 0.481 e. The van der Waals surface area contributed by atoms with Gasteiger partial charge in [0, 0.05) is 36.4 Å². The van der Waals surface area contributed by atoms with Gasteiger partial charge in [0.05, 0.1) is 18.2 Å².